The molecule has 1 atom stereocenters. The Bertz CT molecular complexity index is 1170. The summed E-state index contributed by atoms with van der Waals surface area (Å²) in [6, 6.07) is 11.4. The van der Waals surface area contributed by atoms with Gasteiger partial charge in [-0.3, -0.25) is 24.0 Å². The van der Waals surface area contributed by atoms with Gasteiger partial charge in [0.25, 0.3) is 5.69 Å². The Kier molecular flexibility index (Phi) is 10.2. The molecule has 10 nitrogen and oxygen atoms in total. The highest BCUT2D eigenvalue weighted by Gasteiger charge is 2.30. The van der Waals surface area contributed by atoms with Crippen molar-refractivity contribution in [1.82, 2.24) is 10.2 Å². The predicted octanol–water partition coefficient (Wildman–Crippen LogP) is 3.46. The van der Waals surface area contributed by atoms with Gasteiger partial charge in [0, 0.05) is 29.7 Å². The molecule has 0 saturated heterocycles. The van der Waals surface area contributed by atoms with E-state index in [1.165, 1.54) is 23.1 Å². The largest absolute Gasteiger partial charge is 0.354 e. The number of nitro groups is 1. The lowest BCUT2D eigenvalue weighted by atomic mass is 10.1. The monoisotopic (exact) mass is 568 g/mol. The standard InChI is InChI=1S/C23H29BrN4O6S/c1-4-5-12-25-23(30)17(2)26(15-18-8-6-9-19(24)13-18)22(29)16-27(35(3,33)34)20-10-7-11-21(14-20)28(31)32/h6-11,13-14,17H,4-5,12,15-16H2,1-3H3,(H,25,30)/t17-/m0/s1. The summed E-state index contributed by atoms with van der Waals surface area (Å²) in [6.45, 7) is 3.47. The summed E-state index contributed by atoms with van der Waals surface area (Å²) in [7, 11) is -3.98. The number of nitro benzene ring substituents is 1. The van der Waals surface area contributed by atoms with Crippen molar-refractivity contribution < 1.29 is 22.9 Å². The Morgan fingerprint density at radius 1 is 1.17 bits per heavy atom. The second-order valence-corrected chi connectivity index (χ2v) is 10.8. The van der Waals surface area contributed by atoms with Crippen LogP contribution in [0.3, 0.4) is 0 Å². The normalized spacial score (nSPS) is 12.0. The van der Waals surface area contributed by atoms with Crippen LogP contribution in [-0.4, -0.2) is 55.4 Å². The number of carbonyl (C=O) groups is 2. The fourth-order valence-corrected chi connectivity index (χ4v) is 4.61. The smallest absolute Gasteiger partial charge is 0.271 e. The van der Waals surface area contributed by atoms with Gasteiger partial charge in [-0.2, -0.15) is 0 Å². The Morgan fingerprint density at radius 2 is 1.86 bits per heavy atom. The SMILES string of the molecule is CCCCNC(=O)[C@H](C)N(Cc1cccc(Br)c1)C(=O)CN(c1cccc([N+](=O)[O-])c1)S(C)(=O)=O. The molecule has 0 aromatic heterocycles. The van der Waals surface area contributed by atoms with Crippen molar-refractivity contribution >= 4 is 49.1 Å². The second kappa shape index (κ2) is 12.6. The number of hydrogen-bond donors (Lipinski definition) is 1. The quantitative estimate of drug-likeness (QED) is 0.237. The van der Waals surface area contributed by atoms with E-state index in [0.717, 1.165) is 39.5 Å². The molecule has 12 heteroatoms. The Morgan fingerprint density at radius 3 is 2.46 bits per heavy atom. The van der Waals surface area contributed by atoms with Crippen molar-refractivity contribution in [3.63, 3.8) is 0 Å². The van der Waals surface area contributed by atoms with Gasteiger partial charge in [-0.15, -0.1) is 0 Å². The summed E-state index contributed by atoms with van der Waals surface area (Å²) in [5.74, 6) is -0.983. The van der Waals surface area contributed by atoms with E-state index >= 15 is 0 Å². The van der Waals surface area contributed by atoms with Crippen LogP contribution in [0.4, 0.5) is 11.4 Å². The average molecular weight is 569 g/mol. The van der Waals surface area contributed by atoms with Gasteiger partial charge in [0.1, 0.15) is 12.6 Å². The highest BCUT2D eigenvalue weighted by Crippen LogP contribution is 2.24. The molecule has 0 aliphatic rings. The second-order valence-electron chi connectivity index (χ2n) is 8.02. The summed E-state index contributed by atoms with van der Waals surface area (Å²) in [5.41, 5.74) is 0.415. The van der Waals surface area contributed by atoms with Crippen LogP contribution < -0.4 is 9.62 Å². The molecule has 2 aromatic rings. The molecule has 0 spiro atoms. The molecule has 0 saturated carbocycles. The van der Waals surface area contributed by atoms with Crippen LogP contribution in [-0.2, 0) is 26.2 Å². The van der Waals surface area contributed by atoms with E-state index in [0.29, 0.717) is 6.54 Å². The average Bonchev–Trinajstić information content (AvgIpc) is 2.79. The number of carbonyl (C=O) groups excluding carboxylic acids is 2. The lowest BCUT2D eigenvalue weighted by molar-refractivity contribution is -0.384. The fourth-order valence-electron chi connectivity index (χ4n) is 3.33. The van der Waals surface area contributed by atoms with Gasteiger partial charge < -0.3 is 10.2 Å². The Balaban J connectivity index is 2.39. The fraction of sp³-hybridized carbons (Fsp3) is 0.391. The number of hydrogen-bond acceptors (Lipinski definition) is 6. The van der Waals surface area contributed by atoms with Gasteiger partial charge in [-0.05, 0) is 37.1 Å². The third-order valence-corrected chi connectivity index (χ3v) is 6.88. The molecule has 190 valence electrons. The van der Waals surface area contributed by atoms with Crippen molar-refractivity contribution in [3.05, 3.63) is 68.7 Å². The molecule has 0 fully saturated rings. The van der Waals surface area contributed by atoms with Crippen molar-refractivity contribution in [1.29, 1.82) is 0 Å². The minimum Gasteiger partial charge on any atom is -0.354 e. The Labute approximate surface area is 213 Å². The summed E-state index contributed by atoms with van der Waals surface area (Å²) < 4.78 is 26.7. The molecular formula is C23H29BrN4O6S. The van der Waals surface area contributed by atoms with E-state index < -0.39 is 33.4 Å². The first-order chi connectivity index (χ1) is 16.4. The van der Waals surface area contributed by atoms with Gasteiger partial charge >= 0.3 is 0 Å². The van der Waals surface area contributed by atoms with E-state index in [-0.39, 0.29) is 23.8 Å². The van der Waals surface area contributed by atoms with Crippen LogP contribution in [0.15, 0.2) is 53.0 Å². The van der Waals surface area contributed by atoms with E-state index in [1.54, 1.807) is 25.1 Å². The molecule has 1 N–H and O–H groups in total. The highest BCUT2D eigenvalue weighted by molar-refractivity contribution is 9.10. The molecule has 2 amide bonds. The number of unbranched alkanes of at least 4 members (excludes halogenated alkanes) is 1. The summed E-state index contributed by atoms with van der Waals surface area (Å²) in [5, 5.41) is 14.0. The predicted molar refractivity (Wildman–Crippen MR) is 137 cm³/mol. The summed E-state index contributed by atoms with van der Waals surface area (Å²) >= 11 is 3.39. The van der Waals surface area contributed by atoms with Crippen LogP contribution in [0.2, 0.25) is 0 Å². The lowest BCUT2D eigenvalue weighted by Crippen LogP contribution is -2.51. The third kappa shape index (κ3) is 8.32. The van der Waals surface area contributed by atoms with E-state index in [2.05, 4.69) is 21.2 Å². The number of halogens is 1. The van der Waals surface area contributed by atoms with Crippen LogP contribution in [0.25, 0.3) is 0 Å². The van der Waals surface area contributed by atoms with Crippen LogP contribution in [0.5, 0.6) is 0 Å². The molecule has 2 rings (SSSR count). The molecule has 0 aliphatic carbocycles. The molecule has 35 heavy (non-hydrogen) atoms. The van der Waals surface area contributed by atoms with Gasteiger partial charge in [-0.1, -0.05) is 47.5 Å². The molecule has 0 radical (unpaired) electrons. The molecule has 0 bridgehead atoms. The molecule has 2 aromatic carbocycles. The van der Waals surface area contributed by atoms with Crippen molar-refractivity contribution in [3.8, 4) is 0 Å². The summed E-state index contributed by atoms with van der Waals surface area (Å²) in [4.78, 5) is 38.1. The van der Waals surface area contributed by atoms with Gasteiger partial charge in [-0.25, -0.2) is 8.42 Å². The van der Waals surface area contributed by atoms with Crippen molar-refractivity contribution in [2.75, 3.05) is 23.7 Å². The topological polar surface area (TPSA) is 130 Å². The van der Waals surface area contributed by atoms with Crippen molar-refractivity contribution in [2.24, 2.45) is 0 Å². The van der Waals surface area contributed by atoms with Crippen molar-refractivity contribution in [2.45, 2.75) is 39.3 Å². The molecule has 0 aliphatic heterocycles. The maximum Gasteiger partial charge on any atom is 0.271 e. The van der Waals surface area contributed by atoms with E-state index in [4.69, 9.17) is 0 Å². The van der Waals surface area contributed by atoms with Crippen LogP contribution in [0.1, 0.15) is 32.3 Å². The van der Waals surface area contributed by atoms with Crippen LogP contribution in [0, 0.1) is 10.1 Å². The number of anilines is 1. The maximum absolute atomic E-state index is 13.5. The van der Waals surface area contributed by atoms with Gasteiger partial charge in [0.05, 0.1) is 16.9 Å². The molecular weight excluding hydrogens is 540 g/mol. The zero-order valence-electron chi connectivity index (χ0n) is 19.8. The zero-order chi connectivity index (χ0) is 26.2. The summed E-state index contributed by atoms with van der Waals surface area (Å²) in [6.07, 6.45) is 2.59. The van der Waals surface area contributed by atoms with E-state index in [9.17, 15) is 28.1 Å². The van der Waals surface area contributed by atoms with Gasteiger partial charge in [0.15, 0.2) is 0 Å². The first-order valence-electron chi connectivity index (χ1n) is 11.0. The number of nitrogens with one attached hydrogen (secondary N) is 1. The first kappa shape index (κ1) is 28.2. The minimum atomic E-state index is -3.98. The number of sulfonamides is 1. The highest BCUT2D eigenvalue weighted by atomic mass is 79.9. The number of nitrogens with zero attached hydrogens (tertiary/aromatic N) is 3. The molecule has 0 heterocycles. The number of benzene rings is 2. The maximum atomic E-state index is 13.5. The zero-order valence-corrected chi connectivity index (χ0v) is 22.2. The first-order valence-corrected chi connectivity index (χ1v) is 13.6. The van der Waals surface area contributed by atoms with Crippen LogP contribution >= 0.6 is 15.9 Å². The van der Waals surface area contributed by atoms with Gasteiger partial charge in [0.2, 0.25) is 21.8 Å². The minimum absolute atomic E-state index is 0.0162. The lowest BCUT2D eigenvalue weighted by Gasteiger charge is -2.31. The number of rotatable bonds is 12. The number of non-ortho nitro benzene ring substituents is 1. The van der Waals surface area contributed by atoms with E-state index in [1.807, 2.05) is 13.0 Å². The molecule has 0 unspecified atom stereocenters. The third-order valence-electron chi connectivity index (χ3n) is 5.25. The Hall–Kier alpha value is -2.99. The number of amides is 2.